The Kier molecular flexibility index (Phi) is 2.56. The van der Waals surface area contributed by atoms with Crippen LogP contribution in [-0.2, 0) is 0 Å². The zero-order valence-corrected chi connectivity index (χ0v) is 11.1. The first kappa shape index (κ1) is 11.2. The van der Waals surface area contributed by atoms with E-state index >= 15 is 0 Å². The lowest BCUT2D eigenvalue weighted by Gasteiger charge is -2.04. The van der Waals surface area contributed by atoms with Gasteiger partial charge in [-0.05, 0) is 11.5 Å². The molecule has 5 heteroatoms. The van der Waals surface area contributed by atoms with Crippen molar-refractivity contribution in [2.75, 3.05) is 5.73 Å². The average Bonchev–Trinajstić information content (AvgIpc) is 2.92. The molecule has 0 bridgehead atoms. The number of benzene rings is 1. The molecule has 0 saturated heterocycles. The molecule has 92 valence electrons. The summed E-state index contributed by atoms with van der Waals surface area (Å²) in [4.78, 5) is 5.30. The van der Waals surface area contributed by atoms with Gasteiger partial charge in [-0.2, -0.15) is 9.50 Å². The van der Waals surface area contributed by atoms with Crippen LogP contribution < -0.4 is 5.73 Å². The first-order valence-corrected chi connectivity index (χ1v) is 6.73. The lowest BCUT2D eigenvalue weighted by Crippen LogP contribution is -1.92. The van der Waals surface area contributed by atoms with Gasteiger partial charge in [0.1, 0.15) is 5.82 Å². The van der Waals surface area contributed by atoms with E-state index in [0.717, 1.165) is 16.3 Å². The van der Waals surface area contributed by atoms with Crippen LogP contribution in [0.1, 0.15) is 25.3 Å². The zero-order chi connectivity index (χ0) is 12.7. The maximum Gasteiger partial charge on any atom is 0.214 e. The summed E-state index contributed by atoms with van der Waals surface area (Å²) in [5.41, 5.74) is 8.14. The number of thiazole rings is 1. The molecule has 2 N–H and O–H groups in total. The van der Waals surface area contributed by atoms with Gasteiger partial charge in [-0.1, -0.05) is 38.1 Å². The lowest BCUT2D eigenvalue weighted by atomic mass is 10.0. The van der Waals surface area contributed by atoms with E-state index in [1.165, 1.54) is 16.9 Å². The largest absolute Gasteiger partial charge is 0.383 e. The van der Waals surface area contributed by atoms with Crippen molar-refractivity contribution in [3.05, 3.63) is 35.2 Å². The second-order valence-corrected chi connectivity index (χ2v) is 5.40. The van der Waals surface area contributed by atoms with Crippen LogP contribution >= 0.6 is 11.3 Å². The van der Waals surface area contributed by atoms with E-state index in [0.29, 0.717) is 11.7 Å². The summed E-state index contributed by atoms with van der Waals surface area (Å²) < 4.78 is 1.68. The fourth-order valence-electron chi connectivity index (χ4n) is 1.84. The smallest absolute Gasteiger partial charge is 0.214 e. The van der Waals surface area contributed by atoms with Gasteiger partial charge in [-0.15, -0.1) is 16.4 Å². The molecular formula is C13H14N4S. The first-order valence-electron chi connectivity index (χ1n) is 5.85. The molecule has 0 aliphatic rings. The summed E-state index contributed by atoms with van der Waals surface area (Å²) in [5.74, 6) is 1.89. The standard InChI is InChI=1S/C13H14N4S/c1-8(2)9-3-5-10(6-4-9)12-15-13-17(16-12)11(14)7-18-13/h3-8H,14H2,1-2H3. The van der Waals surface area contributed by atoms with E-state index in [-0.39, 0.29) is 0 Å². The van der Waals surface area contributed by atoms with Crippen LogP contribution in [0.15, 0.2) is 29.6 Å². The van der Waals surface area contributed by atoms with E-state index in [4.69, 9.17) is 5.73 Å². The molecule has 3 aromatic rings. The summed E-state index contributed by atoms with van der Waals surface area (Å²) in [7, 11) is 0. The van der Waals surface area contributed by atoms with Crippen molar-refractivity contribution in [1.29, 1.82) is 0 Å². The van der Waals surface area contributed by atoms with Crippen molar-refractivity contribution in [2.24, 2.45) is 0 Å². The van der Waals surface area contributed by atoms with Gasteiger partial charge in [-0.3, -0.25) is 0 Å². The third-order valence-corrected chi connectivity index (χ3v) is 3.78. The number of nitrogens with two attached hydrogens (primary N) is 1. The summed E-state index contributed by atoms with van der Waals surface area (Å²) >= 11 is 1.50. The zero-order valence-electron chi connectivity index (χ0n) is 10.3. The Morgan fingerprint density at radius 2 is 1.94 bits per heavy atom. The maximum atomic E-state index is 5.80. The SMILES string of the molecule is CC(C)c1ccc(-c2nc3scc(N)n3n2)cc1. The summed E-state index contributed by atoms with van der Waals surface area (Å²) in [6.45, 7) is 4.36. The fraction of sp³-hybridized carbons (Fsp3) is 0.231. The highest BCUT2D eigenvalue weighted by molar-refractivity contribution is 7.15. The van der Waals surface area contributed by atoms with Crippen molar-refractivity contribution in [3.8, 4) is 11.4 Å². The molecule has 3 rings (SSSR count). The molecule has 0 atom stereocenters. The number of hydrogen-bond acceptors (Lipinski definition) is 4. The van der Waals surface area contributed by atoms with E-state index in [9.17, 15) is 0 Å². The number of fused-ring (bicyclic) bond motifs is 1. The summed E-state index contributed by atoms with van der Waals surface area (Å²) in [6.07, 6.45) is 0. The van der Waals surface area contributed by atoms with Crippen LogP contribution in [0.4, 0.5) is 5.82 Å². The maximum absolute atomic E-state index is 5.80. The van der Waals surface area contributed by atoms with E-state index in [1.807, 2.05) is 5.38 Å². The summed E-state index contributed by atoms with van der Waals surface area (Å²) in [6, 6.07) is 8.37. The van der Waals surface area contributed by atoms with Crippen molar-refractivity contribution < 1.29 is 0 Å². The predicted molar refractivity (Wildman–Crippen MR) is 74.8 cm³/mol. The highest BCUT2D eigenvalue weighted by atomic mass is 32.1. The number of aromatic nitrogens is 3. The third-order valence-electron chi connectivity index (χ3n) is 2.94. The number of rotatable bonds is 2. The highest BCUT2D eigenvalue weighted by Gasteiger charge is 2.09. The Morgan fingerprint density at radius 3 is 2.56 bits per heavy atom. The Morgan fingerprint density at radius 1 is 1.22 bits per heavy atom. The van der Waals surface area contributed by atoms with Gasteiger partial charge in [0.05, 0.1) is 0 Å². The van der Waals surface area contributed by atoms with Crippen LogP contribution in [0, 0.1) is 0 Å². The molecule has 18 heavy (non-hydrogen) atoms. The van der Waals surface area contributed by atoms with Crippen molar-refractivity contribution >= 4 is 22.1 Å². The minimum atomic E-state index is 0.535. The first-order chi connectivity index (χ1) is 8.65. The van der Waals surface area contributed by atoms with Gasteiger partial charge in [0.25, 0.3) is 0 Å². The van der Waals surface area contributed by atoms with Crippen LogP contribution in [-0.4, -0.2) is 14.6 Å². The minimum Gasteiger partial charge on any atom is -0.383 e. The molecule has 4 nitrogen and oxygen atoms in total. The third kappa shape index (κ3) is 1.76. The molecule has 1 aromatic carbocycles. The van der Waals surface area contributed by atoms with E-state index in [2.05, 4.69) is 48.2 Å². The molecule has 0 unspecified atom stereocenters. The molecule has 0 radical (unpaired) electrons. The van der Waals surface area contributed by atoms with Crippen molar-refractivity contribution in [3.63, 3.8) is 0 Å². The Bertz CT molecular complexity index is 679. The Balaban J connectivity index is 2.03. The molecule has 2 aromatic heterocycles. The topological polar surface area (TPSA) is 56.2 Å². The van der Waals surface area contributed by atoms with Crippen LogP contribution in [0.3, 0.4) is 0 Å². The molecule has 0 saturated carbocycles. The van der Waals surface area contributed by atoms with Gasteiger partial charge in [-0.25, -0.2) is 0 Å². The number of anilines is 1. The number of hydrogen-bond donors (Lipinski definition) is 1. The van der Waals surface area contributed by atoms with Gasteiger partial charge in [0, 0.05) is 10.9 Å². The second kappa shape index (κ2) is 4.10. The van der Waals surface area contributed by atoms with Gasteiger partial charge in [0.15, 0.2) is 5.82 Å². The highest BCUT2D eigenvalue weighted by Crippen LogP contribution is 2.23. The molecule has 0 aliphatic carbocycles. The van der Waals surface area contributed by atoms with Crippen LogP contribution in [0.25, 0.3) is 16.3 Å². The molecule has 0 amide bonds. The average molecular weight is 258 g/mol. The second-order valence-electron chi connectivity index (χ2n) is 4.57. The number of nitrogen functional groups attached to an aromatic ring is 1. The molecule has 0 spiro atoms. The van der Waals surface area contributed by atoms with Gasteiger partial charge in [0.2, 0.25) is 4.96 Å². The molecular weight excluding hydrogens is 244 g/mol. The molecule has 2 heterocycles. The van der Waals surface area contributed by atoms with Crippen LogP contribution in [0.2, 0.25) is 0 Å². The number of nitrogens with zero attached hydrogens (tertiary/aromatic N) is 3. The van der Waals surface area contributed by atoms with Gasteiger partial charge < -0.3 is 5.73 Å². The monoisotopic (exact) mass is 258 g/mol. The fourth-order valence-corrected chi connectivity index (χ4v) is 2.56. The Labute approximate surface area is 109 Å². The minimum absolute atomic E-state index is 0.535. The lowest BCUT2D eigenvalue weighted by molar-refractivity contribution is 0.867. The molecule has 0 fully saturated rings. The van der Waals surface area contributed by atoms with Crippen molar-refractivity contribution in [1.82, 2.24) is 14.6 Å². The molecule has 0 aliphatic heterocycles. The van der Waals surface area contributed by atoms with Crippen LogP contribution in [0.5, 0.6) is 0 Å². The quantitative estimate of drug-likeness (QED) is 0.768. The Hall–Kier alpha value is -1.88. The van der Waals surface area contributed by atoms with E-state index in [1.54, 1.807) is 4.52 Å². The normalized spacial score (nSPS) is 11.5. The van der Waals surface area contributed by atoms with E-state index < -0.39 is 0 Å². The van der Waals surface area contributed by atoms with Gasteiger partial charge >= 0.3 is 0 Å². The van der Waals surface area contributed by atoms with Crippen molar-refractivity contribution in [2.45, 2.75) is 19.8 Å². The predicted octanol–water partition coefficient (Wildman–Crippen LogP) is 3.16. The summed E-state index contributed by atoms with van der Waals surface area (Å²) in [5, 5.41) is 6.26.